The third kappa shape index (κ3) is 1.38. The predicted molar refractivity (Wildman–Crippen MR) is 46.2 cm³/mol. The molecule has 0 heteroatoms. The van der Waals surface area contributed by atoms with Crippen LogP contribution in [-0.4, -0.2) is 0 Å². The van der Waals surface area contributed by atoms with Crippen LogP contribution in [0.25, 0.3) is 0 Å². The first-order valence-corrected chi connectivity index (χ1v) is 4.34. The van der Waals surface area contributed by atoms with Gasteiger partial charge < -0.3 is 0 Å². The van der Waals surface area contributed by atoms with Crippen molar-refractivity contribution in [3.63, 3.8) is 0 Å². The van der Waals surface area contributed by atoms with Crippen LogP contribution in [0.2, 0.25) is 0 Å². The Kier molecular flexibility index (Phi) is 1.81. The third-order valence-electron chi connectivity index (χ3n) is 2.41. The summed E-state index contributed by atoms with van der Waals surface area (Å²) in [5, 5.41) is 0. The maximum atomic E-state index is 3.23. The van der Waals surface area contributed by atoms with Crippen LogP contribution in [0.3, 0.4) is 0 Å². The lowest BCUT2D eigenvalue weighted by Gasteiger charge is -2.19. The highest BCUT2D eigenvalue weighted by Gasteiger charge is 2.15. The predicted octanol–water partition coefficient (Wildman–Crippen LogP) is 2.98. The van der Waals surface area contributed by atoms with Crippen molar-refractivity contribution in [2.24, 2.45) is 5.92 Å². The Labute approximate surface area is 67.6 Å². The van der Waals surface area contributed by atoms with E-state index in [4.69, 9.17) is 0 Å². The second-order valence-corrected chi connectivity index (χ2v) is 3.20. The van der Waals surface area contributed by atoms with Gasteiger partial charge in [-0.05, 0) is 30.9 Å². The fourth-order valence-corrected chi connectivity index (χ4v) is 1.78. The third-order valence-corrected chi connectivity index (χ3v) is 2.41. The molecule has 56 valence electrons. The van der Waals surface area contributed by atoms with Gasteiger partial charge in [0.25, 0.3) is 0 Å². The number of hydrogen-bond donors (Lipinski definition) is 0. The van der Waals surface area contributed by atoms with Gasteiger partial charge in [0.05, 0.1) is 0 Å². The molecule has 0 radical (unpaired) electrons. The Morgan fingerprint density at radius 1 is 1.36 bits per heavy atom. The quantitative estimate of drug-likeness (QED) is 0.458. The highest BCUT2D eigenvalue weighted by molar-refractivity contribution is 5.20. The molecule has 0 aromatic rings. The van der Waals surface area contributed by atoms with Crippen LogP contribution in [0.4, 0.5) is 0 Å². The van der Waals surface area contributed by atoms with Gasteiger partial charge in [-0.1, -0.05) is 30.0 Å². The molecule has 2 aliphatic rings. The summed E-state index contributed by atoms with van der Waals surface area (Å²) in [5.74, 6) is 0.676. The van der Waals surface area contributed by atoms with Crippen molar-refractivity contribution in [1.82, 2.24) is 0 Å². The first-order valence-electron chi connectivity index (χ1n) is 4.34. The molecule has 0 N–H and O–H groups in total. The molecule has 0 nitrogen and oxygen atoms in total. The topological polar surface area (TPSA) is 0 Å². The molecule has 0 aromatic carbocycles. The van der Waals surface area contributed by atoms with Gasteiger partial charge in [0, 0.05) is 5.92 Å². The first-order chi connectivity index (χ1) is 5.47. The van der Waals surface area contributed by atoms with Gasteiger partial charge in [0.2, 0.25) is 0 Å². The van der Waals surface area contributed by atoms with Crippen LogP contribution in [0, 0.1) is 5.92 Å². The first kappa shape index (κ1) is 6.73. The molecule has 0 amide bonds. The number of fused-ring (bicyclic) bond motifs is 1. The summed E-state index contributed by atoms with van der Waals surface area (Å²) >= 11 is 0. The second-order valence-electron chi connectivity index (χ2n) is 3.20. The molecule has 1 fully saturated rings. The standard InChI is InChI=1S/C11H12/c1-2-6-10-8-4-5-9-11(10)7-3-1/h1-2,6,10H,4-5,8-9H2. The fraction of sp³-hybridized carbons (Fsp3) is 0.455. The Balaban J connectivity index is 2.33. The van der Waals surface area contributed by atoms with Gasteiger partial charge >= 0.3 is 0 Å². The van der Waals surface area contributed by atoms with E-state index in [9.17, 15) is 0 Å². The molecule has 0 spiro atoms. The molecule has 1 saturated carbocycles. The molecule has 1 atom stereocenters. The summed E-state index contributed by atoms with van der Waals surface area (Å²) in [7, 11) is 0. The molecule has 0 aromatic heterocycles. The number of rotatable bonds is 0. The summed E-state index contributed by atoms with van der Waals surface area (Å²) < 4.78 is 0. The van der Waals surface area contributed by atoms with Gasteiger partial charge in [-0.3, -0.25) is 0 Å². The average Bonchev–Trinajstić information content (AvgIpc) is 2.28. The Hall–Kier alpha value is -0.960. The molecule has 1 unspecified atom stereocenters. The normalized spacial score (nSPS) is 27.6. The molecule has 0 bridgehead atoms. The Bertz CT molecular complexity index is 268. The summed E-state index contributed by atoms with van der Waals surface area (Å²) in [6, 6.07) is 0. The fourth-order valence-electron chi connectivity index (χ4n) is 1.78. The minimum Gasteiger partial charge on any atom is -0.0760 e. The van der Waals surface area contributed by atoms with Crippen molar-refractivity contribution in [2.45, 2.75) is 25.7 Å². The van der Waals surface area contributed by atoms with Gasteiger partial charge in [0.1, 0.15) is 0 Å². The molecule has 0 saturated heterocycles. The smallest absolute Gasteiger partial charge is 0.00625 e. The van der Waals surface area contributed by atoms with Crippen LogP contribution in [-0.2, 0) is 0 Å². The van der Waals surface area contributed by atoms with Crippen LogP contribution in [0.5, 0.6) is 0 Å². The molecule has 2 rings (SSSR count). The van der Waals surface area contributed by atoms with Gasteiger partial charge in [-0.2, -0.15) is 0 Å². The zero-order valence-electron chi connectivity index (χ0n) is 6.64. The van der Waals surface area contributed by atoms with Crippen LogP contribution in [0.1, 0.15) is 25.7 Å². The number of hydrogen-bond acceptors (Lipinski definition) is 0. The highest BCUT2D eigenvalue weighted by atomic mass is 14.2. The lowest BCUT2D eigenvalue weighted by Crippen LogP contribution is -2.05. The van der Waals surface area contributed by atoms with E-state index < -0.39 is 0 Å². The Morgan fingerprint density at radius 2 is 2.36 bits per heavy atom. The van der Waals surface area contributed by atoms with E-state index in [-0.39, 0.29) is 0 Å². The summed E-state index contributed by atoms with van der Waals surface area (Å²) in [6.07, 6.45) is 11.6. The monoisotopic (exact) mass is 144 g/mol. The van der Waals surface area contributed by atoms with E-state index >= 15 is 0 Å². The van der Waals surface area contributed by atoms with Crippen molar-refractivity contribution < 1.29 is 0 Å². The largest absolute Gasteiger partial charge is 0.0760 e. The lowest BCUT2D eigenvalue weighted by atomic mass is 9.85. The maximum absolute atomic E-state index is 3.23. The minimum absolute atomic E-state index is 0.676. The zero-order chi connectivity index (χ0) is 7.52. The van der Waals surface area contributed by atoms with Crippen LogP contribution in [0.15, 0.2) is 35.3 Å². The van der Waals surface area contributed by atoms with E-state index in [0.29, 0.717) is 5.92 Å². The molecule has 0 heterocycles. The van der Waals surface area contributed by atoms with Crippen molar-refractivity contribution >= 4 is 0 Å². The minimum atomic E-state index is 0.676. The van der Waals surface area contributed by atoms with Crippen molar-refractivity contribution in [2.75, 3.05) is 0 Å². The summed E-state index contributed by atoms with van der Waals surface area (Å²) in [4.78, 5) is 0. The lowest BCUT2D eigenvalue weighted by molar-refractivity contribution is 0.521. The van der Waals surface area contributed by atoms with Crippen molar-refractivity contribution in [3.8, 4) is 0 Å². The summed E-state index contributed by atoms with van der Waals surface area (Å²) in [5.41, 5.74) is 7.74. The summed E-state index contributed by atoms with van der Waals surface area (Å²) in [6.45, 7) is 0. The number of allylic oxidation sites excluding steroid dienone is 4. The van der Waals surface area contributed by atoms with E-state index in [1.54, 1.807) is 0 Å². The zero-order valence-corrected chi connectivity index (χ0v) is 6.64. The average molecular weight is 144 g/mol. The van der Waals surface area contributed by atoms with Gasteiger partial charge in [0.15, 0.2) is 0 Å². The van der Waals surface area contributed by atoms with Crippen molar-refractivity contribution in [3.05, 3.63) is 35.3 Å². The molecule has 11 heavy (non-hydrogen) atoms. The second kappa shape index (κ2) is 2.96. The van der Waals surface area contributed by atoms with Crippen molar-refractivity contribution in [1.29, 1.82) is 0 Å². The van der Waals surface area contributed by atoms with Gasteiger partial charge in [-0.25, -0.2) is 0 Å². The van der Waals surface area contributed by atoms with E-state index in [1.165, 1.54) is 31.3 Å². The SMILES string of the molecule is C1=C=C2CCCCC2C=CC=1. The maximum Gasteiger partial charge on any atom is 0.00625 e. The van der Waals surface area contributed by atoms with E-state index in [2.05, 4.69) is 23.6 Å². The highest BCUT2D eigenvalue weighted by Crippen LogP contribution is 2.29. The molecule has 2 aliphatic carbocycles. The van der Waals surface area contributed by atoms with E-state index in [0.717, 1.165) is 0 Å². The molecule has 0 aliphatic heterocycles. The Morgan fingerprint density at radius 3 is 3.36 bits per heavy atom. The van der Waals surface area contributed by atoms with Crippen LogP contribution < -0.4 is 0 Å². The van der Waals surface area contributed by atoms with E-state index in [1.807, 2.05) is 6.08 Å². The molecular weight excluding hydrogens is 132 g/mol. The van der Waals surface area contributed by atoms with Crippen LogP contribution >= 0.6 is 0 Å². The van der Waals surface area contributed by atoms with Gasteiger partial charge in [-0.15, -0.1) is 0 Å². The molecular formula is C11H12.